The molecule has 5 rings (SSSR count). The molecule has 0 saturated carbocycles. The Bertz CT molecular complexity index is 1260. The molecule has 1 N–H and O–H groups in total. The molecule has 0 atom stereocenters. The number of halogens is 1. The minimum atomic E-state index is -0.319. The minimum Gasteiger partial charge on any atom is -0.331 e. The Morgan fingerprint density at radius 1 is 1.03 bits per heavy atom. The van der Waals surface area contributed by atoms with E-state index in [1.165, 1.54) is 23.5 Å². The third-order valence-corrected chi connectivity index (χ3v) is 6.14. The normalized spacial score (nSPS) is 13.6. The highest BCUT2D eigenvalue weighted by molar-refractivity contribution is 7.14. The van der Waals surface area contributed by atoms with E-state index in [9.17, 15) is 9.18 Å². The van der Waals surface area contributed by atoms with Crippen molar-refractivity contribution < 1.29 is 9.18 Å². The van der Waals surface area contributed by atoms with Crippen molar-refractivity contribution in [2.24, 2.45) is 0 Å². The maximum Gasteiger partial charge on any atom is 0.329 e. The largest absolute Gasteiger partial charge is 0.331 e. The number of anilines is 4. The van der Waals surface area contributed by atoms with E-state index in [1.54, 1.807) is 34.3 Å². The van der Waals surface area contributed by atoms with Gasteiger partial charge in [0.25, 0.3) is 0 Å². The van der Waals surface area contributed by atoms with Crippen LogP contribution in [0.2, 0.25) is 0 Å². The van der Waals surface area contributed by atoms with Gasteiger partial charge < -0.3 is 5.32 Å². The van der Waals surface area contributed by atoms with Gasteiger partial charge in [-0.1, -0.05) is 6.07 Å². The zero-order valence-corrected chi connectivity index (χ0v) is 18.1. The lowest BCUT2D eigenvalue weighted by Gasteiger charge is -2.20. The third-order valence-electron chi connectivity index (χ3n) is 5.38. The second-order valence-corrected chi connectivity index (χ2v) is 8.32. The number of amides is 2. The van der Waals surface area contributed by atoms with Crippen LogP contribution in [0.4, 0.5) is 31.4 Å². The summed E-state index contributed by atoms with van der Waals surface area (Å²) in [5.41, 5.74) is 5.26. The molecule has 0 radical (unpaired) electrons. The van der Waals surface area contributed by atoms with Crippen molar-refractivity contribution in [2.45, 2.75) is 6.92 Å². The van der Waals surface area contributed by atoms with Crippen molar-refractivity contribution in [1.82, 2.24) is 9.97 Å². The summed E-state index contributed by atoms with van der Waals surface area (Å²) in [4.78, 5) is 25.2. The number of aromatic nitrogens is 2. The second kappa shape index (κ2) is 8.39. The van der Waals surface area contributed by atoms with Crippen LogP contribution in [-0.4, -0.2) is 29.1 Å². The van der Waals surface area contributed by atoms with Gasteiger partial charge in [0, 0.05) is 53.5 Å². The zero-order valence-electron chi connectivity index (χ0n) is 17.3. The Hall–Kier alpha value is -3.78. The first kappa shape index (κ1) is 20.1. The molecule has 6 nitrogen and oxygen atoms in total. The van der Waals surface area contributed by atoms with Crippen molar-refractivity contribution in [2.75, 3.05) is 28.2 Å². The van der Waals surface area contributed by atoms with Crippen LogP contribution >= 0.6 is 11.3 Å². The van der Waals surface area contributed by atoms with Crippen LogP contribution in [-0.2, 0) is 0 Å². The summed E-state index contributed by atoms with van der Waals surface area (Å²) in [5.74, 6) is -0.319. The lowest BCUT2D eigenvalue weighted by atomic mass is 10.1. The van der Waals surface area contributed by atoms with Crippen molar-refractivity contribution in [1.29, 1.82) is 0 Å². The van der Waals surface area contributed by atoms with Gasteiger partial charge in [0.2, 0.25) is 0 Å². The number of pyridine rings is 1. The number of nitrogens with one attached hydrogen (secondary N) is 1. The minimum absolute atomic E-state index is 0.125. The van der Waals surface area contributed by atoms with E-state index in [4.69, 9.17) is 0 Å². The number of hydrogen-bond donors (Lipinski definition) is 1. The number of carbonyl (C=O) groups excluding carboxylic acids is 1. The van der Waals surface area contributed by atoms with Gasteiger partial charge >= 0.3 is 6.03 Å². The summed E-state index contributed by atoms with van der Waals surface area (Å²) in [7, 11) is 0. The van der Waals surface area contributed by atoms with Crippen LogP contribution in [0.25, 0.3) is 11.3 Å². The summed E-state index contributed by atoms with van der Waals surface area (Å²) in [6.45, 7) is 3.11. The van der Waals surface area contributed by atoms with Crippen molar-refractivity contribution in [3.63, 3.8) is 0 Å². The van der Waals surface area contributed by atoms with Gasteiger partial charge in [-0.3, -0.25) is 14.8 Å². The van der Waals surface area contributed by atoms with Crippen LogP contribution < -0.4 is 15.1 Å². The number of nitrogens with zero attached hydrogens (tertiary/aromatic N) is 4. The van der Waals surface area contributed by atoms with Crippen molar-refractivity contribution in [3.8, 4) is 11.3 Å². The summed E-state index contributed by atoms with van der Waals surface area (Å²) in [6, 6.07) is 15.6. The maximum atomic E-state index is 13.2. The quantitative estimate of drug-likeness (QED) is 0.419. The van der Waals surface area contributed by atoms with Crippen molar-refractivity contribution in [3.05, 3.63) is 83.8 Å². The SMILES string of the molecule is Cc1ccc(N2CCN(c3ccc(F)cc3)C2=O)cc1Nc1nc(-c2cccnc2)cs1. The molecule has 160 valence electrons. The fourth-order valence-corrected chi connectivity index (χ4v) is 4.37. The molecular weight excluding hydrogens is 425 g/mol. The zero-order chi connectivity index (χ0) is 22.1. The van der Waals surface area contributed by atoms with Gasteiger partial charge in [-0.05, 0) is 61.0 Å². The Morgan fingerprint density at radius 3 is 2.53 bits per heavy atom. The topological polar surface area (TPSA) is 61.4 Å². The van der Waals surface area contributed by atoms with E-state index in [0.29, 0.717) is 18.8 Å². The highest BCUT2D eigenvalue weighted by Gasteiger charge is 2.31. The number of benzene rings is 2. The average Bonchev–Trinajstić information content (AvgIpc) is 3.43. The Kier molecular flexibility index (Phi) is 5.28. The average molecular weight is 446 g/mol. The first-order chi connectivity index (χ1) is 15.6. The number of rotatable bonds is 5. The standard InChI is InChI=1S/C24H20FN5OS/c1-16-4-7-20(30-12-11-29(24(30)31)19-8-5-18(25)6-9-19)13-21(16)27-23-28-22(15-32-23)17-3-2-10-26-14-17/h2-10,13-15H,11-12H2,1H3,(H,27,28). The molecule has 0 aliphatic carbocycles. The van der Waals surface area contributed by atoms with Crippen LogP contribution in [0.15, 0.2) is 72.4 Å². The predicted octanol–water partition coefficient (Wildman–Crippen LogP) is 5.84. The van der Waals surface area contributed by atoms with Crippen LogP contribution in [0.5, 0.6) is 0 Å². The highest BCUT2D eigenvalue weighted by Crippen LogP contribution is 2.32. The monoisotopic (exact) mass is 445 g/mol. The van der Waals surface area contributed by atoms with Crippen LogP contribution in [0.3, 0.4) is 0 Å². The van der Waals surface area contributed by atoms with Crippen molar-refractivity contribution >= 4 is 39.6 Å². The number of urea groups is 1. The molecular formula is C24H20FN5OS. The van der Waals surface area contributed by atoms with E-state index in [2.05, 4.69) is 15.3 Å². The number of thiazole rings is 1. The first-order valence-electron chi connectivity index (χ1n) is 10.2. The smallest absolute Gasteiger partial charge is 0.329 e. The molecule has 8 heteroatoms. The van der Waals surface area contributed by atoms with Gasteiger partial charge in [-0.2, -0.15) is 0 Å². The summed E-state index contributed by atoms with van der Waals surface area (Å²) >= 11 is 1.52. The fraction of sp³-hybridized carbons (Fsp3) is 0.125. The van der Waals surface area contributed by atoms with Gasteiger partial charge in [0.05, 0.1) is 5.69 Å². The lowest BCUT2D eigenvalue weighted by molar-refractivity contribution is 0.256. The molecule has 0 spiro atoms. The molecule has 1 saturated heterocycles. The molecule has 1 aliphatic rings. The molecule has 2 aromatic carbocycles. The first-order valence-corrected chi connectivity index (χ1v) is 11.0. The van der Waals surface area contributed by atoms with Gasteiger partial charge in [-0.25, -0.2) is 14.2 Å². The third kappa shape index (κ3) is 3.92. The summed E-state index contributed by atoms with van der Waals surface area (Å²) in [5, 5.41) is 6.14. The van der Waals surface area contributed by atoms with E-state index < -0.39 is 0 Å². The summed E-state index contributed by atoms with van der Waals surface area (Å²) < 4.78 is 13.2. The Morgan fingerprint density at radius 2 is 1.78 bits per heavy atom. The van der Waals surface area contributed by atoms with E-state index in [1.807, 2.05) is 42.6 Å². The molecule has 0 bridgehead atoms. The summed E-state index contributed by atoms with van der Waals surface area (Å²) in [6.07, 6.45) is 3.53. The number of aryl methyl sites for hydroxylation is 1. The van der Waals surface area contributed by atoms with Gasteiger partial charge in [0.1, 0.15) is 5.82 Å². The van der Waals surface area contributed by atoms with Gasteiger partial charge in [-0.15, -0.1) is 11.3 Å². The fourth-order valence-electron chi connectivity index (χ4n) is 3.64. The highest BCUT2D eigenvalue weighted by atomic mass is 32.1. The molecule has 4 aromatic rings. The van der Waals surface area contributed by atoms with E-state index >= 15 is 0 Å². The Balaban J connectivity index is 1.36. The molecule has 2 aromatic heterocycles. The molecule has 2 amide bonds. The molecule has 1 fully saturated rings. The number of hydrogen-bond acceptors (Lipinski definition) is 5. The second-order valence-electron chi connectivity index (χ2n) is 7.47. The molecule has 1 aliphatic heterocycles. The van der Waals surface area contributed by atoms with Crippen LogP contribution in [0.1, 0.15) is 5.56 Å². The Labute approximate surface area is 189 Å². The maximum absolute atomic E-state index is 13.2. The predicted molar refractivity (Wildman–Crippen MR) is 126 cm³/mol. The lowest BCUT2D eigenvalue weighted by Crippen LogP contribution is -2.31. The van der Waals surface area contributed by atoms with E-state index in [0.717, 1.165) is 33.3 Å². The van der Waals surface area contributed by atoms with E-state index in [-0.39, 0.29) is 11.8 Å². The van der Waals surface area contributed by atoms with Crippen LogP contribution in [0, 0.1) is 12.7 Å². The number of carbonyl (C=O) groups is 1. The van der Waals surface area contributed by atoms with Gasteiger partial charge in [0.15, 0.2) is 5.13 Å². The molecule has 0 unspecified atom stereocenters. The molecule has 3 heterocycles. The molecule has 32 heavy (non-hydrogen) atoms.